The first kappa shape index (κ1) is 18.7. The van der Waals surface area contributed by atoms with Crippen LogP contribution in [0.5, 0.6) is 0 Å². The Morgan fingerprint density at radius 3 is 2.43 bits per heavy atom. The maximum Gasteiger partial charge on any atom is 0.251 e. The Balaban J connectivity index is 1.92. The van der Waals surface area contributed by atoms with Crippen LogP contribution < -0.4 is 5.56 Å². The van der Waals surface area contributed by atoms with Gasteiger partial charge in [-0.1, -0.05) is 47.5 Å². The number of hydrogen-bond donors (Lipinski definition) is 0. The van der Waals surface area contributed by atoms with Crippen molar-refractivity contribution in [1.82, 2.24) is 9.55 Å². The monoisotopic (exact) mass is 412 g/mol. The summed E-state index contributed by atoms with van der Waals surface area (Å²) >= 11 is 12.0. The topological polar surface area (TPSA) is 34.9 Å². The Kier molecular flexibility index (Phi) is 4.92. The predicted octanol–water partition coefficient (Wildman–Crippen LogP) is 5.97. The summed E-state index contributed by atoms with van der Waals surface area (Å²) < 4.78 is 16.6. The second-order valence-electron chi connectivity index (χ2n) is 6.48. The van der Waals surface area contributed by atoms with E-state index in [0.29, 0.717) is 32.2 Å². The van der Waals surface area contributed by atoms with Gasteiger partial charge in [0.05, 0.1) is 16.7 Å². The molecule has 0 saturated carbocycles. The summed E-state index contributed by atoms with van der Waals surface area (Å²) in [5.41, 5.74) is 3.08. The third-order valence-corrected chi connectivity index (χ3v) is 5.16. The zero-order valence-corrected chi connectivity index (χ0v) is 16.4. The first-order valence-corrected chi connectivity index (χ1v) is 9.36. The minimum atomic E-state index is -1.41. The van der Waals surface area contributed by atoms with Gasteiger partial charge in [0.15, 0.2) is 6.17 Å². The lowest BCUT2D eigenvalue weighted by Crippen LogP contribution is -2.17. The molecular formula is C22H15Cl2FN2O. The van der Waals surface area contributed by atoms with Crippen molar-refractivity contribution >= 4 is 34.2 Å². The molecule has 0 aliphatic heterocycles. The second kappa shape index (κ2) is 7.38. The summed E-state index contributed by atoms with van der Waals surface area (Å²) in [6.45, 7) is 0. The first-order chi connectivity index (χ1) is 13.4. The van der Waals surface area contributed by atoms with Crippen molar-refractivity contribution in [2.75, 3.05) is 0 Å². The van der Waals surface area contributed by atoms with Gasteiger partial charge >= 0.3 is 0 Å². The van der Waals surface area contributed by atoms with Crippen molar-refractivity contribution in [3.8, 4) is 11.1 Å². The van der Waals surface area contributed by atoms with E-state index in [2.05, 4.69) is 4.98 Å². The average Bonchev–Trinajstić information content (AvgIpc) is 2.70. The van der Waals surface area contributed by atoms with Gasteiger partial charge < -0.3 is 4.57 Å². The van der Waals surface area contributed by atoms with Crippen molar-refractivity contribution < 1.29 is 4.39 Å². The Morgan fingerprint density at radius 2 is 1.71 bits per heavy atom. The van der Waals surface area contributed by atoms with Crippen LogP contribution in [0.1, 0.15) is 17.4 Å². The molecule has 2 heterocycles. The van der Waals surface area contributed by atoms with Gasteiger partial charge in [0.1, 0.15) is 0 Å². The van der Waals surface area contributed by atoms with Crippen molar-refractivity contribution in [3.63, 3.8) is 0 Å². The van der Waals surface area contributed by atoms with Gasteiger partial charge in [-0.05, 0) is 47.5 Å². The molecule has 4 rings (SSSR count). The smallest absolute Gasteiger partial charge is 0.251 e. The van der Waals surface area contributed by atoms with Crippen molar-refractivity contribution in [3.05, 3.63) is 98.4 Å². The summed E-state index contributed by atoms with van der Waals surface area (Å²) in [5.74, 6) is 0. The van der Waals surface area contributed by atoms with Crippen LogP contribution in [0.15, 0.2) is 71.5 Å². The normalized spacial score (nSPS) is 12.3. The van der Waals surface area contributed by atoms with Gasteiger partial charge in [0.25, 0.3) is 5.56 Å². The minimum Gasteiger partial charge on any atom is -0.310 e. The fourth-order valence-electron chi connectivity index (χ4n) is 3.16. The highest BCUT2D eigenvalue weighted by atomic mass is 35.5. The Hall–Kier alpha value is -2.69. The lowest BCUT2D eigenvalue weighted by molar-refractivity contribution is 0.394. The molecule has 6 heteroatoms. The van der Waals surface area contributed by atoms with Crippen molar-refractivity contribution in [1.29, 1.82) is 0 Å². The number of alkyl halides is 1. The Labute approximate surface area is 171 Å². The maximum atomic E-state index is 15.1. The molecule has 4 aromatic rings. The van der Waals surface area contributed by atoms with Gasteiger partial charge in [-0.2, -0.15) is 0 Å². The standard InChI is InChI=1S/C22H15Cl2FN2O/c1-27-19-10-9-18(21(25)13-5-7-15(23)8-6-13)26-22(19)17(12-20(27)28)14-3-2-4-16(24)11-14/h2-12,21H,1H3. The molecule has 28 heavy (non-hydrogen) atoms. The van der Waals surface area contributed by atoms with Crippen LogP contribution in [0, 0.1) is 0 Å². The van der Waals surface area contributed by atoms with Crippen LogP contribution in [0.2, 0.25) is 10.0 Å². The zero-order chi connectivity index (χ0) is 19.8. The third kappa shape index (κ3) is 3.41. The van der Waals surface area contributed by atoms with Crippen LogP contribution in [-0.4, -0.2) is 9.55 Å². The highest BCUT2D eigenvalue weighted by Crippen LogP contribution is 2.31. The number of fused-ring (bicyclic) bond motifs is 1. The van der Waals surface area contributed by atoms with Crippen LogP contribution in [0.25, 0.3) is 22.2 Å². The van der Waals surface area contributed by atoms with E-state index in [1.54, 1.807) is 61.6 Å². The van der Waals surface area contributed by atoms with E-state index in [1.165, 1.54) is 10.6 Å². The average molecular weight is 413 g/mol. The highest BCUT2D eigenvalue weighted by Gasteiger charge is 2.17. The molecule has 0 fully saturated rings. The molecule has 2 aromatic heterocycles. The summed E-state index contributed by atoms with van der Waals surface area (Å²) in [7, 11) is 1.67. The summed E-state index contributed by atoms with van der Waals surface area (Å²) in [4.78, 5) is 17.0. The fraction of sp³-hybridized carbons (Fsp3) is 0.0909. The van der Waals surface area contributed by atoms with Gasteiger partial charge in [0, 0.05) is 28.7 Å². The molecular weight excluding hydrogens is 398 g/mol. The summed E-state index contributed by atoms with van der Waals surface area (Å²) in [5, 5.41) is 1.09. The van der Waals surface area contributed by atoms with E-state index in [0.717, 1.165) is 5.56 Å². The SMILES string of the molecule is Cn1c(=O)cc(-c2cccc(Cl)c2)c2nc(C(F)c3ccc(Cl)cc3)ccc21. The Morgan fingerprint density at radius 1 is 0.964 bits per heavy atom. The molecule has 1 atom stereocenters. The number of hydrogen-bond acceptors (Lipinski definition) is 2. The number of benzene rings is 2. The van der Waals surface area contributed by atoms with E-state index in [-0.39, 0.29) is 11.3 Å². The zero-order valence-electron chi connectivity index (χ0n) is 14.9. The second-order valence-corrected chi connectivity index (χ2v) is 7.36. The predicted molar refractivity (Wildman–Crippen MR) is 112 cm³/mol. The number of aromatic nitrogens is 2. The molecule has 3 nitrogen and oxygen atoms in total. The molecule has 0 aliphatic carbocycles. The molecule has 0 spiro atoms. The van der Waals surface area contributed by atoms with E-state index < -0.39 is 6.17 Å². The third-order valence-electron chi connectivity index (χ3n) is 4.67. The lowest BCUT2D eigenvalue weighted by atomic mass is 10.0. The summed E-state index contributed by atoms with van der Waals surface area (Å²) in [6, 6.07) is 18.5. The number of pyridine rings is 2. The van der Waals surface area contributed by atoms with Gasteiger partial charge in [-0.25, -0.2) is 9.37 Å². The van der Waals surface area contributed by atoms with E-state index in [1.807, 2.05) is 6.07 Å². The number of nitrogens with zero attached hydrogens (tertiary/aromatic N) is 2. The van der Waals surface area contributed by atoms with Crippen molar-refractivity contribution in [2.24, 2.45) is 7.05 Å². The minimum absolute atomic E-state index is 0.175. The highest BCUT2D eigenvalue weighted by molar-refractivity contribution is 6.31. The van der Waals surface area contributed by atoms with Crippen LogP contribution in [0.3, 0.4) is 0 Å². The lowest BCUT2D eigenvalue weighted by Gasteiger charge is -2.13. The van der Waals surface area contributed by atoms with Crippen LogP contribution in [0.4, 0.5) is 4.39 Å². The number of aryl methyl sites for hydroxylation is 1. The van der Waals surface area contributed by atoms with Gasteiger partial charge in [-0.15, -0.1) is 0 Å². The van der Waals surface area contributed by atoms with Gasteiger partial charge in [-0.3, -0.25) is 4.79 Å². The fourth-order valence-corrected chi connectivity index (χ4v) is 3.48. The number of rotatable bonds is 3. The number of halogens is 3. The molecule has 0 saturated heterocycles. The Bertz CT molecular complexity index is 1240. The molecule has 1 unspecified atom stereocenters. The summed E-state index contributed by atoms with van der Waals surface area (Å²) in [6.07, 6.45) is -1.41. The quantitative estimate of drug-likeness (QED) is 0.415. The molecule has 140 valence electrons. The van der Waals surface area contributed by atoms with Crippen LogP contribution >= 0.6 is 23.2 Å². The largest absolute Gasteiger partial charge is 0.310 e. The molecule has 0 bridgehead atoms. The van der Waals surface area contributed by atoms with Crippen LogP contribution in [-0.2, 0) is 7.05 Å². The van der Waals surface area contributed by atoms with E-state index in [9.17, 15) is 4.79 Å². The van der Waals surface area contributed by atoms with E-state index in [4.69, 9.17) is 23.2 Å². The van der Waals surface area contributed by atoms with E-state index >= 15 is 4.39 Å². The molecule has 0 N–H and O–H groups in total. The molecule has 0 radical (unpaired) electrons. The molecule has 2 aromatic carbocycles. The molecule has 0 amide bonds. The first-order valence-electron chi connectivity index (χ1n) is 8.60. The maximum absolute atomic E-state index is 15.1. The van der Waals surface area contributed by atoms with Gasteiger partial charge in [0.2, 0.25) is 0 Å². The van der Waals surface area contributed by atoms with Crippen molar-refractivity contribution in [2.45, 2.75) is 6.17 Å². The molecule has 0 aliphatic rings.